The highest BCUT2D eigenvalue weighted by Crippen LogP contribution is 2.26. The van der Waals surface area contributed by atoms with Crippen molar-refractivity contribution >= 4 is 11.6 Å². The second-order valence-corrected chi connectivity index (χ2v) is 4.42. The largest absolute Gasteiger partial charge is 0.505 e. The van der Waals surface area contributed by atoms with Crippen LogP contribution in [0.3, 0.4) is 0 Å². The highest BCUT2D eigenvalue weighted by Gasteiger charge is 2.08. The normalized spacial score (nSPS) is 10.2. The van der Waals surface area contributed by atoms with Crippen molar-refractivity contribution in [2.75, 3.05) is 12.4 Å². The van der Waals surface area contributed by atoms with E-state index in [1.165, 1.54) is 19.2 Å². The minimum Gasteiger partial charge on any atom is -0.505 e. The minimum absolute atomic E-state index is 0.301. The number of nitrogens with one attached hydrogen (secondary N) is 1. The Hall–Kier alpha value is -2.76. The van der Waals surface area contributed by atoms with Crippen LogP contribution < -0.4 is 15.8 Å². The molecule has 0 saturated carbocycles. The molecule has 5 nitrogen and oxygen atoms in total. The lowest BCUT2D eigenvalue weighted by Gasteiger charge is -2.12. The first-order chi connectivity index (χ1) is 10.0. The first kappa shape index (κ1) is 14.6. The summed E-state index contributed by atoms with van der Waals surface area (Å²) in [6.07, 6.45) is 0. The Balaban J connectivity index is 2.19. The Kier molecular flexibility index (Phi) is 4.27. The number of carbonyl (C=O) groups excluding carboxylic acids is 1. The number of hydrogen-bond acceptors (Lipinski definition) is 4. The molecule has 0 heterocycles. The summed E-state index contributed by atoms with van der Waals surface area (Å²) in [5, 5.41) is 12.2. The molecule has 0 fully saturated rings. The van der Waals surface area contributed by atoms with Crippen LogP contribution in [0, 0.1) is 5.82 Å². The predicted molar refractivity (Wildman–Crippen MR) is 76.9 cm³/mol. The average Bonchev–Trinajstić information content (AvgIpc) is 2.48. The Bertz CT molecular complexity index is 674. The Morgan fingerprint density at radius 2 is 2.10 bits per heavy atom. The summed E-state index contributed by atoms with van der Waals surface area (Å²) in [7, 11) is 1.50. The number of primary amides is 1. The third-order valence-electron chi connectivity index (χ3n) is 2.98. The van der Waals surface area contributed by atoms with Gasteiger partial charge < -0.3 is 20.9 Å². The molecule has 0 aromatic heterocycles. The van der Waals surface area contributed by atoms with Crippen LogP contribution in [0.2, 0.25) is 0 Å². The van der Waals surface area contributed by atoms with E-state index in [1.807, 2.05) is 0 Å². The van der Waals surface area contributed by atoms with Crippen LogP contribution in [0.1, 0.15) is 15.9 Å². The number of anilines is 1. The first-order valence-corrected chi connectivity index (χ1v) is 6.20. The zero-order valence-electron chi connectivity index (χ0n) is 11.4. The van der Waals surface area contributed by atoms with Crippen molar-refractivity contribution in [3.05, 3.63) is 53.3 Å². The van der Waals surface area contributed by atoms with Crippen LogP contribution >= 0.6 is 0 Å². The highest BCUT2D eigenvalue weighted by molar-refractivity contribution is 5.94. The lowest BCUT2D eigenvalue weighted by atomic mass is 10.1. The van der Waals surface area contributed by atoms with Crippen molar-refractivity contribution < 1.29 is 19.0 Å². The second-order valence-electron chi connectivity index (χ2n) is 4.42. The molecule has 2 aromatic rings. The quantitative estimate of drug-likeness (QED) is 0.788. The summed E-state index contributed by atoms with van der Waals surface area (Å²) in [4.78, 5) is 11.2. The van der Waals surface area contributed by atoms with Gasteiger partial charge in [0.15, 0.2) is 11.6 Å². The van der Waals surface area contributed by atoms with E-state index in [0.29, 0.717) is 29.1 Å². The van der Waals surface area contributed by atoms with Gasteiger partial charge in [-0.3, -0.25) is 4.79 Å². The van der Waals surface area contributed by atoms with Crippen LogP contribution in [0.4, 0.5) is 10.1 Å². The van der Waals surface area contributed by atoms with E-state index in [9.17, 15) is 9.18 Å². The van der Waals surface area contributed by atoms with Crippen molar-refractivity contribution in [1.29, 1.82) is 0 Å². The molecule has 0 saturated heterocycles. The van der Waals surface area contributed by atoms with Crippen LogP contribution in [-0.2, 0) is 6.54 Å². The first-order valence-electron chi connectivity index (χ1n) is 6.20. The van der Waals surface area contributed by atoms with E-state index in [-0.39, 0.29) is 0 Å². The number of nitrogens with two attached hydrogens (primary N) is 1. The molecule has 0 bridgehead atoms. The molecule has 0 aliphatic rings. The summed E-state index contributed by atoms with van der Waals surface area (Å²) >= 11 is 0. The van der Waals surface area contributed by atoms with Gasteiger partial charge in [-0.1, -0.05) is 6.07 Å². The lowest BCUT2D eigenvalue weighted by Crippen LogP contribution is -2.11. The van der Waals surface area contributed by atoms with Crippen molar-refractivity contribution in [1.82, 2.24) is 0 Å². The van der Waals surface area contributed by atoms with E-state index in [1.54, 1.807) is 24.3 Å². The topological polar surface area (TPSA) is 84.6 Å². The van der Waals surface area contributed by atoms with E-state index >= 15 is 0 Å². The van der Waals surface area contributed by atoms with Crippen LogP contribution in [-0.4, -0.2) is 18.1 Å². The molecular formula is C15H15FN2O3. The molecule has 21 heavy (non-hydrogen) atoms. The summed E-state index contributed by atoms with van der Waals surface area (Å²) in [5.74, 6) is -1.09. The van der Waals surface area contributed by atoms with Gasteiger partial charge >= 0.3 is 0 Å². The molecule has 0 unspecified atom stereocenters. The van der Waals surface area contributed by atoms with Gasteiger partial charge in [-0.25, -0.2) is 4.39 Å². The van der Waals surface area contributed by atoms with E-state index in [2.05, 4.69) is 5.32 Å². The number of amides is 1. The van der Waals surface area contributed by atoms with Gasteiger partial charge in [0.05, 0.1) is 12.8 Å². The van der Waals surface area contributed by atoms with Crippen LogP contribution in [0.5, 0.6) is 11.5 Å². The smallest absolute Gasteiger partial charge is 0.248 e. The van der Waals surface area contributed by atoms with Gasteiger partial charge in [-0.05, 0) is 35.9 Å². The molecule has 0 aliphatic carbocycles. The Morgan fingerprint density at radius 3 is 2.71 bits per heavy atom. The molecule has 0 atom stereocenters. The molecule has 4 N–H and O–H groups in total. The molecule has 2 rings (SSSR count). The number of carbonyl (C=O) groups is 1. The molecule has 2 aromatic carbocycles. The minimum atomic E-state index is -0.688. The average molecular weight is 290 g/mol. The monoisotopic (exact) mass is 290 g/mol. The number of rotatable bonds is 5. The molecule has 0 radical (unpaired) electrons. The predicted octanol–water partition coefficient (Wildman–Crippen LogP) is 2.25. The summed E-state index contributed by atoms with van der Waals surface area (Å²) in [5.41, 5.74) is 6.78. The van der Waals surface area contributed by atoms with Gasteiger partial charge in [-0.15, -0.1) is 0 Å². The Morgan fingerprint density at radius 1 is 1.33 bits per heavy atom. The van der Waals surface area contributed by atoms with Crippen LogP contribution in [0.25, 0.3) is 0 Å². The number of ether oxygens (including phenoxy) is 1. The maximum Gasteiger partial charge on any atom is 0.248 e. The summed E-state index contributed by atoms with van der Waals surface area (Å²) in [6.45, 7) is 0.301. The number of phenolic OH excluding ortho intramolecular Hbond substituents is 1. The fourth-order valence-corrected chi connectivity index (χ4v) is 1.86. The zero-order valence-corrected chi connectivity index (χ0v) is 11.4. The molecule has 0 aliphatic heterocycles. The van der Waals surface area contributed by atoms with Gasteiger partial charge in [0, 0.05) is 12.1 Å². The molecule has 0 spiro atoms. The number of benzene rings is 2. The number of hydrogen-bond donors (Lipinski definition) is 3. The van der Waals surface area contributed by atoms with Crippen molar-refractivity contribution in [3.8, 4) is 11.5 Å². The highest BCUT2D eigenvalue weighted by atomic mass is 19.1. The third-order valence-corrected chi connectivity index (χ3v) is 2.98. The number of halogens is 1. The third kappa shape index (κ3) is 3.42. The molecule has 110 valence electrons. The lowest BCUT2D eigenvalue weighted by molar-refractivity contribution is 0.100. The van der Waals surface area contributed by atoms with E-state index < -0.39 is 17.5 Å². The SMILES string of the molecule is COc1ccc(C(N)=O)cc1NCc1ccc(O)c(F)c1. The maximum atomic E-state index is 13.3. The van der Waals surface area contributed by atoms with Gasteiger partial charge in [0.25, 0.3) is 0 Å². The van der Waals surface area contributed by atoms with E-state index in [4.69, 9.17) is 15.6 Å². The van der Waals surface area contributed by atoms with Gasteiger partial charge in [-0.2, -0.15) is 0 Å². The molecule has 1 amide bonds. The van der Waals surface area contributed by atoms with Crippen molar-refractivity contribution in [2.45, 2.75) is 6.54 Å². The zero-order chi connectivity index (χ0) is 15.4. The second kappa shape index (κ2) is 6.13. The van der Waals surface area contributed by atoms with Gasteiger partial charge in [0.2, 0.25) is 5.91 Å². The van der Waals surface area contributed by atoms with Crippen molar-refractivity contribution in [3.63, 3.8) is 0 Å². The fourth-order valence-electron chi connectivity index (χ4n) is 1.86. The molecule has 6 heteroatoms. The van der Waals surface area contributed by atoms with Gasteiger partial charge in [0.1, 0.15) is 5.75 Å². The fraction of sp³-hybridized carbons (Fsp3) is 0.133. The van der Waals surface area contributed by atoms with Crippen molar-refractivity contribution in [2.24, 2.45) is 5.73 Å². The maximum absolute atomic E-state index is 13.3. The number of aromatic hydroxyl groups is 1. The van der Waals surface area contributed by atoms with E-state index in [0.717, 1.165) is 0 Å². The Labute approximate surface area is 121 Å². The summed E-state index contributed by atoms with van der Waals surface area (Å²) in [6, 6.07) is 8.86. The number of methoxy groups -OCH3 is 1. The standard InChI is InChI=1S/C15H15FN2O3/c1-21-14-5-3-10(15(17)20)7-12(14)18-8-9-2-4-13(19)11(16)6-9/h2-7,18-19H,8H2,1H3,(H2,17,20). The molecular weight excluding hydrogens is 275 g/mol. The van der Waals surface area contributed by atoms with Crippen LogP contribution in [0.15, 0.2) is 36.4 Å². The summed E-state index contributed by atoms with van der Waals surface area (Å²) < 4.78 is 18.4. The number of phenols is 1.